The summed E-state index contributed by atoms with van der Waals surface area (Å²) < 4.78 is 0. The number of nitrogens with one attached hydrogen (secondary N) is 1. The monoisotopic (exact) mass is 262 g/mol. The first-order valence-corrected chi connectivity index (χ1v) is 7.47. The fourth-order valence-corrected chi connectivity index (χ4v) is 2.56. The van der Waals surface area contributed by atoms with Crippen molar-refractivity contribution >= 4 is 0 Å². The minimum absolute atomic E-state index is 0.501. The Bertz CT molecular complexity index is 355. The molecule has 1 saturated heterocycles. The van der Waals surface area contributed by atoms with Crippen LogP contribution in [-0.4, -0.2) is 40.5 Å². The highest BCUT2D eigenvalue weighted by atomic mass is 15.1. The van der Waals surface area contributed by atoms with Gasteiger partial charge in [0.2, 0.25) is 0 Å². The van der Waals surface area contributed by atoms with E-state index in [1.165, 1.54) is 38.8 Å². The Morgan fingerprint density at radius 3 is 2.53 bits per heavy atom. The van der Waals surface area contributed by atoms with E-state index in [0.717, 1.165) is 24.5 Å². The van der Waals surface area contributed by atoms with Gasteiger partial charge in [-0.05, 0) is 39.8 Å². The minimum Gasteiger partial charge on any atom is -0.307 e. The zero-order valence-electron chi connectivity index (χ0n) is 12.2. The lowest BCUT2D eigenvalue weighted by molar-refractivity contribution is 0.255. The summed E-state index contributed by atoms with van der Waals surface area (Å²) in [5.74, 6) is 0. The molecule has 0 spiro atoms. The number of rotatable bonds is 5. The lowest BCUT2D eigenvalue weighted by atomic mass is 10.2. The van der Waals surface area contributed by atoms with E-state index in [1.54, 1.807) is 0 Å². The van der Waals surface area contributed by atoms with Crippen LogP contribution in [0.15, 0.2) is 12.4 Å². The van der Waals surface area contributed by atoms with Crippen LogP contribution in [0.4, 0.5) is 0 Å². The highest BCUT2D eigenvalue weighted by Crippen LogP contribution is 2.09. The van der Waals surface area contributed by atoms with Crippen LogP contribution < -0.4 is 5.32 Å². The largest absolute Gasteiger partial charge is 0.307 e. The predicted octanol–water partition coefficient (Wildman–Crippen LogP) is 2.14. The van der Waals surface area contributed by atoms with Gasteiger partial charge in [0, 0.05) is 31.5 Å². The van der Waals surface area contributed by atoms with Gasteiger partial charge in [0.05, 0.1) is 11.4 Å². The number of nitrogens with zero attached hydrogens (tertiary/aromatic N) is 3. The van der Waals surface area contributed by atoms with Crippen molar-refractivity contribution in [3.63, 3.8) is 0 Å². The Kier molecular flexibility index (Phi) is 5.73. The number of hydrogen-bond acceptors (Lipinski definition) is 4. The molecule has 0 amide bonds. The first kappa shape index (κ1) is 14.4. The van der Waals surface area contributed by atoms with E-state index in [4.69, 9.17) is 0 Å². The van der Waals surface area contributed by atoms with Crippen molar-refractivity contribution in [1.29, 1.82) is 0 Å². The van der Waals surface area contributed by atoms with Crippen LogP contribution in [0.3, 0.4) is 0 Å². The van der Waals surface area contributed by atoms with Crippen LogP contribution in [0, 0.1) is 6.92 Å². The summed E-state index contributed by atoms with van der Waals surface area (Å²) in [6.45, 7) is 8.69. The molecule has 2 heterocycles. The Morgan fingerprint density at radius 1 is 1.16 bits per heavy atom. The summed E-state index contributed by atoms with van der Waals surface area (Å²) in [7, 11) is 0. The van der Waals surface area contributed by atoms with Crippen LogP contribution in [0.25, 0.3) is 0 Å². The van der Waals surface area contributed by atoms with Crippen LogP contribution in [0.2, 0.25) is 0 Å². The molecular weight excluding hydrogens is 236 g/mol. The van der Waals surface area contributed by atoms with Gasteiger partial charge in [-0.15, -0.1) is 0 Å². The zero-order chi connectivity index (χ0) is 13.5. The molecular formula is C15H26N4. The average molecular weight is 262 g/mol. The van der Waals surface area contributed by atoms with E-state index in [1.807, 2.05) is 19.3 Å². The SMILES string of the molecule is Cc1cnc(CNC(C)CN2CCCCCC2)cn1. The Labute approximate surface area is 116 Å². The molecule has 0 aromatic carbocycles. The normalized spacial score (nSPS) is 19.1. The molecule has 1 aromatic rings. The van der Waals surface area contributed by atoms with E-state index >= 15 is 0 Å². The molecule has 0 aliphatic carbocycles. The molecule has 4 nitrogen and oxygen atoms in total. The number of likely N-dealkylation sites (tertiary alicyclic amines) is 1. The second-order valence-electron chi connectivity index (χ2n) is 5.65. The van der Waals surface area contributed by atoms with Gasteiger partial charge in [0.15, 0.2) is 0 Å². The molecule has 1 atom stereocenters. The quantitative estimate of drug-likeness (QED) is 0.882. The van der Waals surface area contributed by atoms with Gasteiger partial charge in [0.25, 0.3) is 0 Å². The fourth-order valence-electron chi connectivity index (χ4n) is 2.56. The van der Waals surface area contributed by atoms with Gasteiger partial charge < -0.3 is 10.2 Å². The third-order valence-corrected chi connectivity index (χ3v) is 3.70. The van der Waals surface area contributed by atoms with Crippen molar-refractivity contribution in [2.75, 3.05) is 19.6 Å². The second-order valence-corrected chi connectivity index (χ2v) is 5.65. The van der Waals surface area contributed by atoms with Gasteiger partial charge in [-0.3, -0.25) is 9.97 Å². The molecule has 1 aromatic heterocycles. The summed E-state index contributed by atoms with van der Waals surface area (Å²) in [6, 6.07) is 0.501. The molecule has 1 unspecified atom stereocenters. The third-order valence-electron chi connectivity index (χ3n) is 3.70. The topological polar surface area (TPSA) is 41.1 Å². The predicted molar refractivity (Wildman–Crippen MR) is 78.0 cm³/mol. The van der Waals surface area contributed by atoms with Gasteiger partial charge in [-0.2, -0.15) is 0 Å². The third kappa shape index (κ3) is 5.25. The molecule has 4 heteroatoms. The molecule has 1 aliphatic heterocycles. The average Bonchev–Trinajstić information content (AvgIpc) is 2.67. The van der Waals surface area contributed by atoms with Crippen molar-refractivity contribution in [2.24, 2.45) is 0 Å². The maximum absolute atomic E-state index is 4.37. The summed E-state index contributed by atoms with van der Waals surface area (Å²) in [5, 5.41) is 3.54. The molecule has 0 bridgehead atoms. The number of aryl methyl sites for hydroxylation is 1. The molecule has 1 N–H and O–H groups in total. The lowest BCUT2D eigenvalue weighted by Gasteiger charge is -2.24. The van der Waals surface area contributed by atoms with Crippen molar-refractivity contribution in [2.45, 2.75) is 52.1 Å². The van der Waals surface area contributed by atoms with Crippen LogP contribution >= 0.6 is 0 Å². The van der Waals surface area contributed by atoms with E-state index < -0.39 is 0 Å². The minimum atomic E-state index is 0.501. The number of aromatic nitrogens is 2. The summed E-state index contributed by atoms with van der Waals surface area (Å²) in [5.41, 5.74) is 2.00. The maximum atomic E-state index is 4.37. The van der Waals surface area contributed by atoms with Crippen molar-refractivity contribution in [3.8, 4) is 0 Å². The van der Waals surface area contributed by atoms with Gasteiger partial charge >= 0.3 is 0 Å². The number of hydrogen-bond donors (Lipinski definition) is 1. The highest BCUT2D eigenvalue weighted by Gasteiger charge is 2.12. The lowest BCUT2D eigenvalue weighted by Crippen LogP contribution is -2.39. The van der Waals surface area contributed by atoms with Crippen molar-refractivity contribution in [3.05, 3.63) is 23.8 Å². The Hall–Kier alpha value is -1.00. The van der Waals surface area contributed by atoms with E-state index in [9.17, 15) is 0 Å². The summed E-state index contributed by atoms with van der Waals surface area (Å²) in [4.78, 5) is 11.2. The van der Waals surface area contributed by atoms with Crippen LogP contribution in [0.5, 0.6) is 0 Å². The second kappa shape index (κ2) is 7.56. The van der Waals surface area contributed by atoms with Crippen LogP contribution in [0.1, 0.15) is 44.0 Å². The molecule has 2 rings (SSSR count). The smallest absolute Gasteiger partial charge is 0.0724 e. The van der Waals surface area contributed by atoms with Gasteiger partial charge in [-0.1, -0.05) is 12.8 Å². The zero-order valence-corrected chi connectivity index (χ0v) is 12.2. The Morgan fingerprint density at radius 2 is 1.89 bits per heavy atom. The van der Waals surface area contributed by atoms with E-state index in [-0.39, 0.29) is 0 Å². The standard InChI is InChI=1S/C15H26N4/c1-13-9-18-15(10-16-13)11-17-14(2)12-19-7-5-3-4-6-8-19/h9-10,14,17H,3-8,11-12H2,1-2H3. The van der Waals surface area contributed by atoms with E-state index in [0.29, 0.717) is 6.04 Å². The molecule has 0 saturated carbocycles. The molecule has 1 fully saturated rings. The molecule has 1 aliphatic rings. The van der Waals surface area contributed by atoms with Crippen molar-refractivity contribution < 1.29 is 0 Å². The molecule has 0 radical (unpaired) electrons. The Balaban J connectivity index is 1.71. The van der Waals surface area contributed by atoms with Gasteiger partial charge in [-0.25, -0.2) is 0 Å². The van der Waals surface area contributed by atoms with Gasteiger partial charge in [0.1, 0.15) is 0 Å². The van der Waals surface area contributed by atoms with Crippen molar-refractivity contribution in [1.82, 2.24) is 20.2 Å². The summed E-state index contributed by atoms with van der Waals surface area (Å²) in [6.07, 6.45) is 9.21. The highest BCUT2D eigenvalue weighted by molar-refractivity contribution is 5.00. The maximum Gasteiger partial charge on any atom is 0.0724 e. The molecule has 106 valence electrons. The molecule has 19 heavy (non-hydrogen) atoms. The first-order chi connectivity index (χ1) is 9.24. The van der Waals surface area contributed by atoms with Crippen LogP contribution in [-0.2, 0) is 6.54 Å². The summed E-state index contributed by atoms with van der Waals surface area (Å²) >= 11 is 0. The van der Waals surface area contributed by atoms with E-state index in [2.05, 4.69) is 27.1 Å². The fraction of sp³-hybridized carbons (Fsp3) is 0.733. The first-order valence-electron chi connectivity index (χ1n) is 7.47.